The Labute approximate surface area is 127 Å². The van der Waals surface area contributed by atoms with Crippen molar-refractivity contribution < 1.29 is 9.50 Å². The molecule has 0 bridgehead atoms. The standard InChI is InChI=1S/C14H11BrFN3O2/c15-8-4-11-12(19-14(21)18-11)5-10(8)17-6-7-2-1-3-9(16)13(7)20/h1-5,17,20H,6H2,(H2,18,19,21). The first-order valence-corrected chi connectivity index (χ1v) is 6.95. The molecule has 2 aromatic carbocycles. The Bertz CT molecular complexity index is 872. The van der Waals surface area contributed by atoms with E-state index in [1.54, 1.807) is 18.2 Å². The predicted octanol–water partition coefficient (Wildman–Crippen LogP) is 3.08. The summed E-state index contributed by atoms with van der Waals surface area (Å²) < 4.78 is 14.0. The highest BCUT2D eigenvalue weighted by atomic mass is 79.9. The quantitative estimate of drug-likeness (QED) is 0.585. The van der Waals surface area contributed by atoms with E-state index in [9.17, 15) is 14.3 Å². The molecule has 7 heteroatoms. The first-order valence-electron chi connectivity index (χ1n) is 6.16. The smallest absolute Gasteiger partial charge is 0.323 e. The molecule has 1 aromatic heterocycles. The molecule has 3 aromatic rings. The molecular formula is C14H11BrFN3O2. The summed E-state index contributed by atoms with van der Waals surface area (Å²) in [7, 11) is 0. The van der Waals surface area contributed by atoms with Gasteiger partial charge in [0.1, 0.15) is 0 Å². The predicted molar refractivity (Wildman–Crippen MR) is 82.0 cm³/mol. The summed E-state index contributed by atoms with van der Waals surface area (Å²) in [4.78, 5) is 16.6. The van der Waals surface area contributed by atoms with E-state index in [0.29, 0.717) is 16.6 Å². The lowest BCUT2D eigenvalue weighted by atomic mass is 10.2. The Balaban J connectivity index is 1.89. The van der Waals surface area contributed by atoms with Crippen molar-refractivity contribution in [3.05, 3.63) is 56.7 Å². The third-order valence-electron chi connectivity index (χ3n) is 3.14. The van der Waals surface area contributed by atoms with Crippen molar-refractivity contribution in [3.63, 3.8) is 0 Å². The van der Waals surface area contributed by atoms with Crippen molar-refractivity contribution in [2.45, 2.75) is 6.54 Å². The minimum atomic E-state index is -0.654. The summed E-state index contributed by atoms with van der Waals surface area (Å²) in [5.41, 5.74) is 2.24. The van der Waals surface area contributed by atoms with E-state index < -0.39 is 5.82 Å². The summed E-state index contributed by atoms with van der Waals surface area (Å²) in [6, 6.07) is 7.89. The van der Waals surface area contributed by atoms with Gasteiger partial charge in [-0.25, -0.2) is 9.18 Å². The van der Waals surface area contributed by atoms with E-state index in [4.69, 9.17) is 0 Å². The van der Waals surface area contributed by atoms with Crippen LogP contribution in [0.2, 0.25) is 0 Å². The molecule has 108 valence electrons. The number of aromatic nitrogens is 2. The highest BCUT2D eigenvalue weighted by Gasteiger charge is 2.09. The molecule has 3 rings (SSSR count). The van der Waals surface area contributed by atoms with Crippen molar-refractivity contribution in [1.29, 1.82) is 0 Å². The lowest BCUT2D eigenvalue weighted by Crippen LogP contribution is -2.01. The van der Waals surface area contributed by atoms with Gasteiger partial charge in [0, 0.05) is 16.6 Å². The van der Waals surface area contributed by atoms with Crippen LogP contribution in [-0.4, -0.2) is 15.1 Å². The number of phenols is 1. The van der Waals surface area contributed by atoms with E-state index in [-0.39, 0.29) is 18.0 Å². The second kappa shape index (κ2) is 5.25. The SMILES string of the molecule is O=c1[nH]c2cc(Br)c(NCc3cccc(F)c3O)cc2[nH]1. The average molecular weight is 352 g/mol. The molecule has 0 aliphatic rings. The summed E-state index contributed by atoms with van der Waals surface area (Å²) in [6.07, 6.45) is 0. The largest absolute Gasteiger partial charge is 0.505 e. The number of imidazole rings is 1. The normalized spacial score (nSPS) is 11.0. The molecule has 0 amide bonds. The first kappa shape index (κ1) is 13.7. The molecule has 0 fully saturated rings. The number of benzene rings is 2. The third-order valence-corrected chi connectivity index (χ3v) is 3.80. The molecule has 4 N–H and O–H groups in total. The van der Waals surface area contributed by atoms with E-state index in [0.717, 1.165) is 10.2 Å². The van der Waals surface area contributed by atoms with Crippen molar-refractivity contribution in [2.75, 3.05) is 5.32 Å². The molecule has 0 atom stereocenters. The number of rotatable bonds is 3. The van der Waals surface area contributed by atoms with Gasteiger partial charge in [0.2, 0.25) is 0 Å². The lowest BCUT2D eigenvalue weighted by Gasteiger charge is -2.10. The number of aromatic amines is 2. The van der Waals surface area contributed by atoms with Crippen molar-refractivity contribution in [3.8, 4) is 5.75 Å². The maximum atomic E-state index is 13.3. The number of H-pyrrole nitrogens is 2. The summed E-state index contributed by atoms with van der Waals surface area (Å²) in [5.74, 6) is -1.02. The van der Waals surface area contributed by atoms with Crippen LogP contribution in [0.3, 0.4) is 0 Å². The highest BCUT2D eigenvalue weighted by molar-refractivity contribution is 9.10. The van der Waals surface area contributed by atoms with Crippen LogP contribution in [0.4, 0.5) is 10.1 Å². The maximum Gasteiger partial charge on any atom is 0.323 e. The number of fused-ring (bicyclic) bond motifs is 1. The van der Waals surface area contributed by atoms with Gasteiger partial charge in [-0.05, 0) is 34.1 Å². The van der Waals surface area contributed by atoms with Crippen LogP contribution < -0.4 is 11.0 Å². The Morgan fingerprint density at radius 3 is 2.71 bits per heavy atom. The zero-order chi connectivity index (χ0) is 15.0. The number of hydrogen-bond acceptors (Lipinski definition) is 3. The van der Waals surface area contributed by atoms with Gasteiger partial charge in [-0.15, -0.1) is 0 Å². The minimum absolute atomic E-state index is 0.252. The van der Waals surface area contributed by atoms with Crippen molar-refractivity contribution >= 4 is 32.7 Å². The van der Waals surface area contributed by atoms with Crippen LogP contribution >= 0.6 is 15.9 Å². The molecule has 0 aliphatic carbocycles. The molecule has 0 unspecified atom stereocenters. The fourth-order valence-electron chi connectivity index (χ4n) is 2.08. The lowest BCUT2D eigenvalue weighted by molar-refractivity contribution is 0.427. The van der Waals surface area contributed by atoms with E-state index in [2.05, 4.69) is 31.2 Å². The highest BCUT2D eigenvalue weighted by Crippen LogP contribution is 2.28. The first-order chi connectivity index (χ1) is 10.0. The van der Waals surface area contributed by atoms with Gasteiger partial charge in [-0.3, -0.25) is 0 Å². The van der Waals surface area contributed by atoms with Gasteiger partial charge < -0.3 is 20.4 Å². The van der Waals surface area contributed by atoms with Crippen LogP contribution in [0, 0.1) is 5.82 Å². The molecule has 0 saturated carbocycles. The topological polar surface area (TPSA) is 80.9 Å². The molecule has 21 heavy (non-hydrogen) atoms. The molecule has 0 radical (unpaired) electrons. The second-order valence-electron chi connectivity index (χ2n) is 4.56. The molecule has 0 aliphatic heterocycles. The van der Waals surface area contributed by atoms with Crippen LogP contribution in [0.25, 0.3) is 11.0 Å². The Morgan fingerprint density at radius 2 is 1.95 bits per heavy atom. The Hall–Kier alpha value is -2.28. The van der Waals surface area contributed by atoms with Crippen LogP contribution in [0.1, 0.15) is 5.56 Å². The number of para-hydroxylation sites is 1. The van der Waals surface area contributed by atoms with Gasteiger partial charge in [-0.2, -0.15) is 0 Å². The van der Waals surface area contributed by atoms with Gasteiger partial charge >= 0.3 is 5.69 Å². The average Bonchev–Trinajstić information content (AvgIpc) is 2.79. The number of aromatic hydroxyl groups is 1. The molecule has 0 spiro atoms. The number of phenolic OH excluding ortho intramolecular Hbond substituents is 1. The van der Waals surface area contributed by atoms with E-state index in [1.807, 2.05) is 0 Å². The monoisotopic (exact) mass is 351 g/mol. The van der Waals surface area contributed by atoms with Gasteiger partial charge in [0.15, 0.2) is 11.6 Å². The second-order valence-corrected chi connectivity index (χ2v) is 5.41. The van der Waals surface area contributed by atoms with Crippen molar-refractivity contribution in [1.82, 2.24) is 9.97 Å². The van der Waals surface area contributed by atoms with Crippen molar-refractivity contribution in [2.24, 2.45) is 0 Å². The third kappa shape index (κ3) is 2.64. The summed E-state index contributed by atoms with van der Waals surface area (Å²) in [6.45, 7) is 0.252. The van der Waals surface area contributed by atoms with Gasteiger partial charge in [0.25, 0.3) is 0 Å². The van der Waals surface area contributed by atoms with E-state index >= 15 is 0 Å². The minimum Gasteiger partial charge on any atom is -0.505 e. The Kier molecular flexibility index (Phi) is 3.42. The summed E-state index contributed by atoms with van der Waals surface area (Å²) >= 11 is 3.40. The maximum absolute atomic E-state index is 13.3. The van der Waals surface area contributed by atoms with Crippen LogP contribution in [0.5, 0.6) is 5.75 Å². The molecule has 0 saturated heterocycles. The fraction of sp³-hybridized carbons (Fsp3) is 0.0714. The summed E-state index contributed by atoms with van der Waals surface area (Å²) in [5, 5.41) is 12.7. The van der Waals surface area contributed by atoms with E-state index in [1.165, 1.54) is 12.1 Å². The fourth-order valence-corrected chi connectivity index (χ4v) is 2.57. The number of hydrogen-bond donors (Lipinski definition) is 4. The van der Waals surface area contributed by atoms with Crippen LogP contribution in [0.15, 0.2) is 39.6 Å². The Morgan fingerprint density at radius 1 is 1.24 bits per heavy atom. The zero-order valence-corrected chi connectivity index (χ0v) is 12.3. The van der Waals surface area contributed by atoms with Crippen LogP contribution in [-0.2, 0) is 6.54 Å². The number of anilines is 1. The number of nitrogens with one attached hydrogen (secondary N) is 3. The zero-order valence-electron chi connectivity index (χ0n) is 10.7. The van der Waals surface area contributed by atoms with Gasteiger partial charge in [0.05, 0.1) is 16.7 Å². The molecule has 5 nitrogen and oxygen atoms in total. The molecule has 1 heterocycles. The molecular weight excluding hydrogens is 341 g/mol. The van der Waals surface area contributed by atoms with Gasteiger partial charge in [-0.1, -0.05) is 12.1 Å². The number of halogens is 2.